The summed E-state index contributed by atoms with van der Waals surface area (Å²) in [5.74, 6) is 4.95. The van der Waals surface area contributed by atoms with Crippen molar-refractivity contribution in [3.8, 4) is 0 Å². The standard InChI is InChI=1S/C25H27N5O2S2/c1-25(2)16-29-21-20(22(31)28(3)24(29)26-25)23(33-18-9-7-6-8-10-18)30(27-21)15-17-11-13-19(14-12-17)34(4,5)32/h6-14H,4,15-16H2,1-3,5H3. The Morgan fingerprint density at radius 1 is 1.12 bits per heavy atom. The summed E-state index contributed by atoms with van der Waals surface area (Å²) >= 11 is 1.53. The van der Waals surface area contributed by atoms with E-state index in [0.717, 1.165) is 15.5 Å². The maximum absolute atomic E-state index is 13.5. The summed E-state index contributed by atoms with van der Waals surface area (Å²) in [4.78, 5) is 23.7. The lowest BCUT2D eigenvalue weighted by Crippen LogP contribution is -2.48. The van der Waals surface area contributed by atoms with Gasteiger partial charge in [0.1, 0.15) is 10.6 Å². The highest BCUT2D eigenvalue weighted by atomic mass is 32.2. The lowest BCUT2D eigenvalue weighted by atomic mass is 10.1. The third kappa shape index (κ3) is 4.03. The monoisotopic (exact) mass is 493 g/mol. The zero-order chi connectivity index (χ0) is 24.3. The van der Waals surface area contributed by atoms with Gasteiger partial charge in [0.05, 0.1) is 18.6 Å². The number of carbonyl (C=O) groups is 1. The zero-order valence-corrected chi connectivity index (χ0v) is 21.3. The molecule has 3 heterocycles. The summed E-state index contributed by atoms with van der Waals surface area (Å²) in [6, 6.07) is 17.6. The van der Waals surface area contributed by atoms with Crippen LogP contribution in [0.1, 0.15) is 29.8 Å². The maximum Gasteiger partial charge on any atom is 0.266 e. The summed E-state index contributed by atoms with van der Waals surface area (Å²) < 4.78 is 14.2. The van der Waals surface area contributed by atoms with Crippen LogP contribution in [0.4, 0.5) is 5.82 Å². The zero-order valence-electron chi connectivity index (χ0n) is 19.7. The maximum atomic E-state index is 13.5. The molecule has 0 N–H and O–H groups in total. The molecule has 1 aromatic heterocycles. The van der Waals surface area contributed by atoms with Crippen LogP contribution in [0.25, 0.3) is 0 Å². The minimum atomic E-state index is -2.27. The quantitative estimate of drug-likeness (QED) is 0.505. The molecule has 1 amide bonds. The smallest absolute Gasteiger partial charge is 0.266 e. The summed E-state index contributed by atoms with van der Waals surface area (Å²) in [6.45, 7) is 5.25. The van der Waals surface area contributed by atoms with Crippen molar-refractivity contribution in [3.05, 3.63) is 65.7 Å². The predicted octanol–water partition coefficient (Wildman–Crippen LogP) is 3.83. The third-order valence-corrected chi connectivity index (χ3v) is 8.25. The van der Waals surface area contributed by atoms with E-state index in [0.29, 0.717) is 35.3 Å². The first-order chi connectivity index (χ1) is 16.0. The molecule has 0 fully saturated rings. The van der Waals surface area contributed by atoms with E-state index in [4.69, 9.17) is 10.1 Å². The minimum Gasteiger partial charge on any atom is -0.292 e. The molecular formula is C25H27N5O2S2. The fourth-order valence-electron chi connectivity index (χ4n) is 4.19. The molecular weight excluding hydrogens is 466 g/mol. The molecule has 2 aliphatic heterocycles. The fourth-order valence-corrected chi connectivity index (χ4v) is 5.91. The summed E-state index contributed by atoms with van der Waals surface area (Å²) in [7, 11) is -0.504. The van der Waals surface area contributed by atoms with Crippen LogP contribution in [0, 0.1) is 0 Å². The van der Waals surface area contributed by atoms with Gasteiger partial charge in [0.25, 0.3) is 5.91 Å². The molecule has 0 radical (unpaired) electrons. The average molecular weight is 494 g/mol. The Morgan fingerprint density at radius 2 is 1.79 bits per heavy atom. The van der Waals surface area contributed by atoms with E-state index in [1.165, 1.54) is 11.8 Å². The molecule has 0 saturated carbocycles. The van der Waals surface area contributed by atoms with Gasteiger partial charge in [-0.25, -0.2) is 4.99 Å². The van der Waals surface area contributed by atoms with Crippen LogP contribution in [0.3, 0.4) is 0 Å². The summed E-state index contributed by atoms with van der Waals surface area (Å²) in [5.41, 5.74) is 1.29. The molecule has 0 bridgehead atoms. The van der Waals surface area contributed by atoms with Gasteiger partial charge in [-0.1, -0.05) is 42.1 Å². The number of aromatic nitrogens is 2. The number of anilines is 1. The van der Waals surface area contributed by atoms with E-state index >= 15 is 0 Å². The van der Waals surface area contributed by atoms with E-state index in [1.54, 1.807) is 18.2 Å². The Kier molecular flexibility index (Phi) is 5.37. The van der Waals surface area contributed by atoms with Crippen LogP contribution in [0.15, 0.2) is 74.4 Å². The summed E-state index contributed by atoms with van der Waals surface area (Å²) in [5, 5.41) is 5.72. The minimum absolute atomic E-state index is 0.106. The first-order valence-corrected chi connectivity index (χ1v) is 13.9. The van der Waals surface area contributed by atoms with Crippen LogP contribution in [0.2, 0.25) is 0 Å². The number of fused-ring (bicyclic) bond motifs is 3. The highest BCUT2D eigenvalue weighted by molar-refractivity contribution is 7.99. The number of guanidine groups is 1. The SMILES string of the molecule is C=S(C)(=O)c1ccc(Cn2nc3c(c2Sc2ccccc2)C(=O)N(C)C2=NC(C)(C)CN23)cc1. The van der Waals surface area contributed by atoms with Crippen molar-refractivity contribution < 1.29 is 9.00 Å². The van der Waals surface area contributed by atoms with Gasteiger partial charge in [-0.3, -0.25) is 23.5 Å². The number of hydrogen-bond acceptors (Lipinski definition) is 6. The number of hydrogen-bond donors (Lipinski definition) is 0. The molecule has 0 saturated heterocycles. The van der Waals surface area contributed by atoms with E-state index in [2.05, 4.69) is 19.7 Å². The Hall–Kier alpha value is -3.04. The third-order valence-electron chi connectivity index (χ3n) is 5.86. The van der Waals surface area contributed by atoms with Crippen molar-refractivity contribution in [2.75, 3.05) is 24.7 Å². The van der Waals surface area contributed by atoms with Gasteiger partial charge in [-0.05, 0) is 59.1 Å². The molecule has 1 unspecified atom stereocenters. The van der Waals surface area contributed by atoms with Gasteiger partial charge >= 0.3 is 0 Å². The van der Waals surface area contributed by atoms with E-state index < -0.39 is 9.52 Å². The van der Waals surface area contributed by atoms with E-state index in [1.807, 2.05) is 64.2 Å². The normalized spacial score (nSPS) is 18.4. The number of amides is 1. The van der Waals surface area contributed by atoms with E-state index in [9.17, 15) is 9.00 Å². The van der Waals surface area contributed by atoms with Crippen LogP contribution >= 0.6 is 11.8 Å². The van der Waals surface area contributed by atoms with Crippen molar-refractivity contribution >= 4 is 44.8 Å². The Bertz CT molecular complexity index is 1410. The first kappa shape index (κ1) is 22.7. The van der Waals surface area contributed by atoms with Gasteiger partial charge in [0, 0.05) is 23.1 Å². The average Bonchev–Trinajstić information content (AvgIpc) is 3.30. The van der Waals surface area contributed by atoms with Gasteiger partial charge in [-0.15, -0.1) is 0 Å². The van der Waals surface area contributed by atoms with Crippen molar-refractivity contribution in [2.45, 2.75) is 40.7 Å². The van der Waals surface area contributed by atoms with Crippen molar-refractivity contribution in [2.24, 2.45) is 4.99 Å². The second-order valence-corrected chi connectivity index (χ2v) is 12.9. The van der Waals surface area contributed by atoms with Gasteiger partial charge in [-0.2, -0.15) is 5.10 Å². The van der Waals surface area contributed by atoms with Crippen LogP contribution in [-0.4, -0.2) is 62.0 Å². The molecule has 9 heteroatoms. The Balaban J connectivity index is 1.61. The molecule has 34 heavy (non-hydrogen) atoms. The number of carbonyl (C=O) groups excluding carboxylic acids is 1. The molecule has 1 atom stereocenters. The number of nitrogens with zero attached hydrogens (tertiary/aromatic N) is 5. The van der Waals surface area contributed by atoms with E-state index in [-0.39, 0.29) is 11.4 Å². The molecule has 7 nitrogen and oxygen atoms in total. The highest BCUT2D eigenvalue weighted by Crippen LogP contribution is 2.41. The van der Waals surface area contributed by atoms with Crippen molar-refractivity contribution in [1.82, 2.24) is 14.7 Å². The number of aliphatic imine (C=N–C) groups is 1. The largest absolute Gasteiger partial charge is 0.292 e. The second kappa shape index (κ2) is 8.02. The van der Waals surface area contributed by atoms with Gasteiger partial charge < -0.3 is 0 Å². The first-order valence-electron chi connectivity index (χ1n) is 10.9. The molecule has 5 rings (SSSR count). The van der Waals surface area contributed by atoms with Crippen LogP contribution in [-0.2, 0) is 16.1 Å². The highest BCUT2D eigenvalue weighted by Gasteiger charge is 2.45. The molecule has 2 aromatic carbocycles. The molecule has 176 valence electrons. The second-order valence-electron chi connectivity index (χ2n) is 9.40. The fraction of sp³-hybridized carbons (Fsp3) is 0.280. The molecule has 3 aromatic rings. The summed E-state index contributed by atoms with van der Waals surface area (Å²) in [6.07, 6.45) is 1.64. The Morgan fingerprint density at radius 3 is 2.44 bits per heavy atom. The lowest BCUT2D eigenvalue weighted by Gasteiger charge is -2.30. The molecule has 2 aliphatic rings. The van der Waals surface area contributed by atoms with Crippen LogP contribution in [0.5, 0.6) is 0 Å². The Labute approximate surface area is 204 Å². The van der Waals surface area contributed by atoms with Crippen molar-refractivity contribution in [3.63, 3.8) is 0 Å². The number of benzene rings is 2. The predicted molar refractivity (Wildman–Crippen MR) is 139 cm³/mol. The van der Waals surface area contributed by atoms with Crippen molar-refractivity contribution in [1.29, 1.82) is 0 Å². The van der Waals surface area contributed by atoms with Crippen LogP contribution < -0.4 is 4.90 Å². The molecule has 0 aliphatic carbocycles. The van der Waals surface area contributed by atoms with Gasteiger partial charge in [0.2, 0.25) is 5.96 Å². The topological polar surface area (TPSA) is 70.8 Å². The molecule has 0 spiro atoms. The lowest BCUT2D eigenvalue weighted by molar-refractivity contribution is 0.0862. The van der Waals surface area contributed by atoms with Gasteiger partial charge in [0.15, 0.2) is 5.82 Å². The number of rotatable bonds is 5.